The number of likely N-dealkylation sites (tertiary alicyclic amines) is 1. The first kappa shape index (κ1) is 17.2. The summed E-state index contributed by atoms with van der Waals surface area (Å²) < 4.78 is 0. The van der Waals surface area contributed by atoms with Gasteiger partial charge in [-0.05, 0) is 70.2 Å². The zero-order chi connectivity index (χ0) is 16.9. The highest BCUT2D eigenvalue weighted by molar-refractivity contribution is 5.85. The molecule has 0 saturated carbocycles. The topological polar surface area (TPSA) is 56.7 Å². The third kappa shape index (κ3) is 4.26. The molecule has 0 amide bonds. The number of hydrogen-bond donors (Lipinski definition) is 1. The van der Waals surface area contributed by atoms with Crippen LogP contribution in [0.4, 0.5) is 5.82 Å². The predicted molar refractivity (Wildman–Crippen MR) is 95.6 cm³/mol. The van der Waals surface area contributed by atoms with Gasteiger partial charge < -0.3 is 14.9 Å². The molecule has 132 valence electrons. The van der Waals surface area contributed by atoms with Gasteiger partial charge >= 0.3 is 5.97 Å². The molecule has 2 fully saturated rings. The van der Waals surface area contributed by atoms with E-state index in [-0.39, 0.29) is 5.69 Å². The fourth-order valence-corrected chi connectivity index (χ4v) is 4.01. The first-order valence-corrected chi connectivity index (χ1v) is 9.33. The van der Waals surface area contributed by atoms with Gasteiger partial charge in [-0.25, -0.2) is 9.78 Å². The Hall–Kier alpha value is -1.62. The van der Waals surface area contributed by atoms with Gasteiger partial charge in [0.05, 0.1) is 0 Å². The van der Waals surface area contributed by atoms with E-state index in [2.05, 4.69) is 21.7 Å². The molecule has 1 aromatic heterocycles. The van der Waals surface area contributed by atoms with E-state index in [9.17, 15) is 4.79 Å². The molecule has 24 heavy (non-hydrogen) atoms. The second-order valence-electron chi connectivity index (χ2n) is 7.29. The smallest absolute Gasteiger partial charge is 0.354 e. The van der Waals surface area contributed by atoms with E-state index in [0.29, 0.717) is 0 Å². The molecule has 3 rings (SSSR count). The van der Waals surface area contributed by atoms with Gasteiger partial charge in [-0.15, -0.1) is 0 Å². The lowest BCUT2D eigenvalue weighted by Crippen LogP contribution is -2.40. The van der Waals surface area contributed by atoms with Crippen molar-refractivity contribution in [2.75, 3.05) is 31.1 Å². The molecule has 5 heteroatoms. The van der Waals surface area contributed by atoms with Crippen LogP contribution in [0.5, 0.6) is 0 Å². The molecule has 2 aliphatic heterocycles. The van der Waals surface area contributed by atoms with Crippen LogP contribution < -0.4 is 4.90 Å². The van der Waals surface area contributed by atoms with Gasteiger partial charge in [-0.1, -0.05) is 12.5 Å². The Kier molecular flexibility index (Phi) is 5.72. The van der Waals surface area contributed by atoms with Crippen LogP contribution in [0.2, 0.25) is 0 Å². The molecule has 0 aromatic carbocycles. The van der Waals surface area contributed by atoms with Crippen LogP contribution in [0.25, 0.3) is 0 Å². The normalized spacial score (nSPS) is 23.4. The van der Waals surface area contributed by atoms with Crippen molar-refractivity contribution >= 4 is 11.8 Å². The lowest BCUT2D eigenvalue weighted by atomic mass is 9.92. The summed E-state index contributed by atoms with van der Waals surface area (Å²) in [6.45, 7) is 6.83. The number of aromatic nitrogens is 1. The van der Waals surface area contributed by atoms with Crippen molar-refractivity contribution < 1.29 is 9.90 Å². The Morgan fingerprint density at radius 1 is 1.21 bits per heavy atom. The fraction of sp³-hybridized carbons (Fsp3) is 0.684. The molecule has 1 aromatic rings. The lowest BCUT2D eigenvalue weighted by molar-refractivity contribution is 0.0690. The van der Waals surface area contributed by atoms with E-state index in [1.165, 1.54) is 51.6 Å². The van der Waals surface area contributed by atoms with E-state index in [1.54, 1.807) is 12.1 Å². The largest absolute Gasteiger partial charge is 0.477 e. The van der Waals surface area contributed by atoms with Crippen LogP contribution in [-0.2, 0) is 0 Å². The molecule has 1 unspecified atom stereocenters. The zero-order valence-electron chi connectivity index (χ0n) is 14.7. The molecule has 5 nitrogen and oxygen atoms in total. The number of hydrogen-bond acceptors (Lipinski definition) is 4. The minimum absolute atomic E-state index is 0.133. The Balaban J connectivity index is 1.47. The second kappa shape index (κ2) is 7.97. The number of anilines is 1. The molecule has 2 saturated heterocycles. The van der Waals surface area contributed by atoms with E-state index in [0.717, 1.165) is 30.9 Å². The number of carboxylic acid groups (broad SMARTS) is 1. The molecule has 0 radical (unpaired) electrons. The van der Waals surface area contributed by atoms with Gasteiger partial charge in [0.25, 0.3) is 0 Å². The molecule has 2 aliphatic rings. The van der Waals surface area contributed by atoms with Gasteiger partial charge in [0.15, 0.2) is 5.69 Å². The maximum atomic E-state index is 11.1. The minimum atomic E-state index is -0.956. The van der Waals surface area contributed by atoms with Crippen LogP contribution >= 0.6 is 0 Å². The molecule has 1 atom stereocenters. The highest BCUT2D eigenvalue weighted by Gasteiger charge is 2.23. The number of carbonyl (C=O) groups is 1. The van der Waals surface area contributed by atoms with E-state index in [4.69, 9.17) is 5.11 Å². The van der Waals surface area contributed by atoms with Gasteiger partial charge in [0.1, 0.15) is 5.82 Å². The predicted octanol–water partition coefficient (Wildman–Crippen LogP) is 3.26. The van der Waals surface area contributed by atoms with Crippen molar-refractivity contribution in [3.05, 3.63) is 23.9 Å². The highest BCUT2D eigenvalue weighted by Crippen LogP contribution is 2.26. The van der Waals surface area contributed by atoms with Crippen LogP contribution in [0, 0.1) is 5.92 Å². The quantitative estimate of drug-likeness (QED) is 0.897. The molecular weight excluding hydrogens is 302 g/mol. The average Bonchev–Trinajstić information content (AvgIpc) is 2.61. The summed E-state index contributed by atoms with van der Waals surface area (Å²) in [4.78, 5) is 20.2. The standard InChI is InChI=1S/C19H29N3O2/c1-15-5-2-3-11-21(15)12-8-16-9-13-22(14-10-16)18-7-4-6-17(20-18)19(23)24/h4,6-7,15-16H,2-3,5,8-14H2,1H3,(H,23,24). The first-order valence-electron chi connectivity index (χ1n) is 9.33. The first-order chi connectivity index (χ1) is 11.6. The minimum Gasteiger partial charge on any atom is -0.477 e. The van der Waals surface area contributed by atoms with Gasteiger partial charge in [0.2, 0.25) is 0 Å². The van der Waals surface area contributed by atoms with E-state index < -0.39 is 5.97 Å². The van der Waals surface area contributed by atoms with Crippen molar-refractivity contribution in [2.45, 2.75) is 51.5 Å². The molecule has 0 bridgehead atoms. The Bertz CT molecular complexity index is 555. The SMILES string of the molecule is CC1CCCCN1CCC1CCN(c2cccc(C(=O)O)n2)CC1. The Morgan fingerprint density at radius 2 is 2.00 bits per heavy atom. The molecular formula is C19H29N3O2. The molecule has 0 aliphatic carbocycles. The summed E-state index contributed by atoms with van der Waals surface area (Å²) in [6.07, 6.45) is 7.75. The van der Waals surface area contributed by atoms with Crippen LogP contribution in [-0.4, -0.2) is 53.2 Å². The number of carboxylic acids is 1. The van der Waals surface area contributed by atoms with Crippen molar-refractivity contribution in [3.63, 3.8) is 0 Å². The third-order valence-corrected chi connectivity index (χ3v) is 5.66. The number of piperidine rings is 2. The van der Waals surface area contributed by atoms with Crippen LogP contribution in [0.1, 0.15) is 55.9 Å². The fourth-order valence-electron chi connectivity index (χ4n) is 4.01. The maximum Gasteiger partial charge on any atom is 0.354 e. The summed E-state index contributed by atoms with van der Waals surface area (Å²) >= 11 is 0. The van der Waals surface area contributed by atoms with Crippen molar-refractivity contribution in [3.8, 4) is 0 Å². The summed E-state index contributed by atoms with van der Waals surface area (Å²) in [6, 6.07) is 6.01. The Morgan fingerprint density at radius 3 is 2.71 bits per heavy atom. The molecule has 3 heterocycles. The van der Waals surface area contributed by atoms with Gasteiger partial charge in [0, 0.05) is 19.1 Å². The van der Waals surface area contributed by atoms with Crippen LogP contribution in [0.15, 0.2) is 18.2 Å². The van der Waals surface area contributed by atoms with Crippen molar-refractivity contribution in [2.24, 2.45) is 5.92 Å². The summed E-state index contributed by atoms with van der Waals surface area (Å²) in [5.74, 6) is 0.637. The maximum absolute atomic E-state index is 11.1. The number of aromatic carboxylic acids is 1. The monoisotopic (exact) mass is 331 g/mol. The summed E-state index contributed by atoms with van der Waals surface area (Å²) in [5, 5.41) is 9.08. The zero-order valence-corrected chi connectivity index (χ0v) is 14.7. The highest BCUT2D eigenvalue weighted by atomic mass is 16.4. The second-order valence-corrected chi connectivity index (χ2v) is 7.29. The van der Waals surface area contributed by atoms with E-state index in [1.807, 2.05) is 6.07 Å². The van der Waals surface area contributed by atoms with E-state index >= 15 is 0 Å². The summed E-state index contributed by atoms with van der Waals surface area (Å²) in [5.41, 5.74) is 0.133. The van der Waals surface area contributed by atoms with Crippen molar-refractivity contribution in [1.29, 1.82) is 0 Å². The number of nitrogens with zero attached hydrogens (tertiary/aromatic N) is 3. The number of rotatable bonds is 5. The van der Waals surface area contributed by atoms with Gasteiger partial charge in [-0.2, -0.15) is 0 Å². The molecule has 0 spiro atoms. The number of pyridine rings is 1. The van der Waals surface area contributed by atoms with Crippen molar-refractivity contribution in [1.82, 2.24) is 9.88 Å². The van der Waals surface area contributed by atoms with Gasteiger partial charge in [-0.3, -0.25) is 0 Å². The summed E-state index contributed by atoms with van der Waals surface area (Å²) in [7, 11) is 0. The van der Waals surface area contributed by atoms with Crippen LogP contribution in [0.3, 0.4) is 0 Å². The molecule has 1 N–H and O–H groups in total. The Labute approximate surface area is 144 Å². The average molecular weight is 331 g/mol. The lowest BCUT2D eigenvalue weighted by Gasteiger charge is -2.36. The third-order valence-electron chi connectivity index (χ3n) is 5.66.